The molecule has 0 N–H and O–H groups in total. The highest BCUT2D eigenvalue weighted by Crippen LogP contribution is 2.46. The van der Waals surface area contributed by atoms with E-state index in [1.54, 1.807) is 33.5 Å². The predicted molar refractivity (Wildman–Crippen MR) is 94.4 cm³/mol. The van der Waals surface area contributed by atoms with Crippen LogP contribution < -0.4 is 14.2 Å². The fourth-order valence-electron chi connectivity index (χ4n) is 2.98. The molecule has 24 heavy (non-hydrogen) atoms. The predicted octanol–water partition coefficient (Wildman–Crippen LogP) is 4.35. The Balaban J connectivity index is 2.49. The number of hydrogen-bond acceptors (Lipinski definition) is 4. The lowest BCUT2D eigenvalue weighted by molar-refractivity contribution is 0.112. The summed E-state index contributed by atoms with van der Waals surface area (Å²) in [7, 11) is 4.75. The Morgan fingerprint density at radius 3 is 2.12 bits per heavy atom. The second-order valence-corrected chi connectivity index (χ2v) is 5.25. The minimum atomic E-state index is 0.511. The summed E-state index contributed by atoms with van der Waals surface area (Å²) < 4.78 is 16.5. The molecule has 0 bridgehead atoms. The van der Waals surface area contributed by atoms with E-state index in [4.69, 9.17) is 14.2 Å². The van der Waals surface area contributed by atoms with Gasteiger partial charge in [-0.05, 0) is 29.0 Å². The highest BCUT2D eigenvalue weighted by Gasteiger charge is 2.21. The summed E-state index contributed by atoms with van der Waals surface area (Å²) in [6, 6.07) is 15.3. The maximum atomic E-state index is 11.7. The van der Waals surface area contributed by atoms with Crippen molar-refractivity contribution >= 4 is 17.1 Å². The molecule has 0 heterocycles. The van der Waals surface area contributed by atoms with Crippen molar-refractivity contribution in [1.82, 2.24) is 0 Å². The van der Waals surface area contributed by atoms with Crippen LogP contribution in [0.15, 0.2) is 48.5 Å². The smallest absolute Gasteiger partial charge is 0.169 e. The quantitative estimate of drug-likeness (QED) is 0.655. The van der Waals surface area contributed by atoms with Crippen LogP contribution in [0, 0.1) is 0 Å². The minimum absolute atomic E-state index is 0.511. The number of rotatable bonds is 5. The van der Waals surface area contributed by atoms with Crippen LogP contribution in [-0.2, 0) is 0 Å². The van der Waals surface area contributed by atoms with Crippen LogP contribution >= 0.6 is 0 Å². The van der Waals surface area contributed by atoms with E-state index in [1.165, 1.54) is 0 Å². The Morgan fingerprint density at radius 1 is 0.750 bits per heavy atom. The molecule has 0 aliphatic rings. The highest BCUT2D eigenvalue weighted by molar-refractivity contribution is 6.05. The maximum Gasteiger partial charge on any atom is 0.169 e. The molecule has 122 valence electrons. The summed E-state index contributed by atoms with van der Waals surface area (Å²) in [4.78, 5) is 11.7. The van der Waals surface area contributed by atoms with Gasteiger partial charge in [-0.2, -0.15) is 0 Å². The fourth-order valence-corrected chi connectivity index (χ4v) is 2.98. The lowest BCUT2D eigenvalue weighted by Crippen LogP contribution is -1.99. The van der Waals surface area contributed by atoms with E-state index in [0.29, 0.717) is 28.4 Å². The molecule has 4 nitrogen and oxygen atoms in total. The number of fused-ring (bicyclic) bond motifs is 1. The monoisotopic (exact) mass is 322 g/mol. The highest BCUT2D eigenvalue weighted by atomic mass is 16.5. The molecule has 3 rings (SSSR count). The molecule has 0 aliphatic carbocycles. The van der Waals surface area contributed by atoms with Gasteiger partial charge in [0.1, 0.15) is 5.75 Å². The van der Waals surface area contributed by atoms with Gasteiger partial charge in [0.15, 0.2) is 17.8 Å². The molecule has 0 amide bonds. The van der Waals surface area contributed by atoms with E-state index >= 15 is 0 Å². The molecule has 0 spiro atoms. The second kappa shape index (κ2) is 6.62. The van der Waals surface area contributed by atoms with Crippen LogP contribution in [0.5, 0.6) is 17.2 Å². The van der Waals surface area contributed by atoms with Crippen molar-refractivity contribution in [2.45, 2.75) is 0 Å². The number of carbonyl (C=O) groups excluding carboxylic acids is 1. The van der Waals surface area contributed by atoms with E-state index in [1.807, 2.05) is 36.4 Å². The minimum Gasteiger partial charge on any atom is -0.496 e. The summed E-state index contributed by atoms with van der Waals surface area (Å²) in [6.07, 6.45) is 0.818. The first-order valence-corrected chi connectivity index (χ1v) is 7.51. The largest absolute Gasteiger partial charge is 0.496 e. The van der Waals surface area contributed by atoms with E-state index in [0.717, 1.165) is 22.6 Å². The number of benzene rings is 3. The molecule has 4 heteroatoms. The fraction of sp³-hybridized carbons (Fsp3) is 0.150. The number of hydrogen-bond donors (Lipinski definition) is 0. The van der Waals surface area contributed by atoms with Crippen LogP contribution in [0.4, 0.5) is 0 Å². The molecule has 3 aromatic rings. The van der Waals surface area contributed by atoms with Gasteiger partial charge in [-0.15, -0.1) is 0 Å². The van der Waals surface area contributed by atoms with Gasteiger partial charge in [-0.1, -0.05) is 30.3 Å². The molecule has 0 atom stereocenters. The molecule has 0 aromatic heterocycles. The van der Waals surface area contributed by atoms with Crippen LogP contribution in [0.2, 0.25) is 0 Å². The SMILES string of the molecule is COc1ccc(C=O)c(-c2c(OC)ccc3ccccc23)c1OC. The molecular weight excluding hydrogens is 304 g/mol. The van der Waals surface area contributed by atoms with Crippen molar-refractivity contribution in [2.75, 3.05) is 21.3 Å². The van der Waals surface area contributed by atoms with Gasteiger partial charge < -0.3 is 14.2 Å². The lowest BCUT2D eigenvalue weighted by Gasteiger charge is -2.18. The molecular formula is C20H18O4. The standard InChI is InChI=1S/C20H18O4/c1-22-16-10-8-13-6-4-5-7-15(13)19(16)18-14(12-21)9-11-17(23-2)20(18)24-3/h4-12H,1-3H3. The summed E-state index contributed by atoms with van der Waals surface area (Å²) in [5.41, 5.74) is 2.00. The topological polar surface area (TPSA) is 44.8 Å². The molecule has 0 aliphatic heterocycles. The average Bonchev–Trinajstić information content (AvgIpc) is 2.65. The van der Waals surface area contributed by atoms with Crippen molar-refractivity contribution in [3.8, 4) is 28.4 Å². The first-order chi connectivity index (χ1) is 11.7. The first kappa shape index (κ1) is 15.9. The zero-order valence-electron chi connectivity index (χ0n) is 13.8. The molecule has 0 unspecified atom stereocenters. The van der Waals surface area contributed by atoms with Crippen molar-refractivity contribution in [1.29, 1.82) is 0 Å². The van der Waals surface area contributed by atoms with E-state index < -0.39 is 0 Å². The van der Waals surface area contributed by atoms with Crippen molar-refractivity contribution in [3.63, 3.8) is 0 Å². The Kier molecular flexibility index (Phi) is 4.38. The number of aldehydes is 1. The Morgan fingerprint density at radius 2 is 1.46 bits per heavy atom. The van der Waals surface area contributed by atoms with Gasteiger partial charge in [0, 0.05) is 16.7 Å². The third-order valence-electron chi connectivity index (χ3n) is 4.07. The van der Waals surface area contributed by atoms with Crippen LogP contribution in [0.25, 0.3) is 21.9 Å². The average molecular weight is 322 g/mol. The molecule has 0 saturated carbocycles. The third-order valence-corrected chi connectivity index (χ3v) is 4.07. The number of methoxy groups -OCH3 is 3. The van der Waals surface area contributed by atoms with Crippen molar-refractivity contribution < 1.29 is 19.0 Å². The number of carbonyl (C=O) groups is 1. The van der Waals surface area contributed by atoms with Gasteiger partial charge in [-0.25, -0.2) is 0 Å². The Labute approximate surface area is 140 Å². The Hall–Kier alpha value is -3.01. The van der Waals surface area contributed by atoms with Gasteiger partial charge in [0.25, 0.3) is 0 Å². The molecule has 0 fully saturated rings. The lowest BCUT2D eigenvalue weighted by atomic mass is 9.93. The molecule has 0 radical (unpaired) electrons. The first-order valence-electron chi connectivity index (χ1n) is 7.51. The van der Waals surface area contributed by atoms with E-state index in [-0.39, 0.29) is 0 Å². The third kappa shape index (κ3) is 2.46. The summed E-state index contributed by atoms with van der Waals surface area (Å²) in [5, 5.41) is 2.03. The second-order valence-electron chi connectivity index (χ2n) is 5.25. The maximum absolute atomic E-state index is 11.7. The van der Waals surface area contributed by atoms with Crippen LogP contribution in [0.1, 0.15) is 10.4 Å². The van der Waals surface area contributed by atoms with Gasteiger partial charge in [0.05, 0.1) is 21.3 Å². The Bertz CT molecular complexity index is 900. The number of ether oxygens (including phenoxy) is 3. The zero-order valence-corrected chi connectivity index (χ0v) is 13.8. The summed E-state index contributed by atoms with van der Waals surface area (Å²) in [6.45, 7) is 0. The van der Waals surface area contributed by atoms with Crippen molar-refractivity contribution in [2.24, 2.45) is 0 Å². The van der Waals surface area contributed by atoms with Gasteiger partial charge >= 0.3 is 0 Å². The zero-order chi connectivity index (χ0) is 17.1. The van der Waals surface area contributed by atoms with Gasteiger partial charge in [0.2, 0.25) is 0 Å². The van der Waals surface area contributed by atoms with E-state index in [9.17, 15) is 4.79 Å². The summed E-state index contributed by atoms with van der Waals surface area (Å²) in [5.74, 6) is 1.74. The normalized spacial score (nSPS) is 10.5. The van der Waals surface area contributed by atoms with Crippen molar-refractivity contribution in [3.05, 3.63) is 54.1 Å². The van der Waals surface area contributed by atoms with E-state index in [2.05, 4.69) is 0 Å². The summed E-state index contributed by atoms with van der Waals surface area (Å²) >= 11 is 0. The van der Waals surface area contributed by atoms with Crippen LogP contribution in [-0.4, -0.2) is 27.6 Å². The molecule has 3 aromatic carbocycles. The van der Waals surface area contributed by atoms with Crippen LogP contribution in [0.3, 0.4) is 0 Å². The molecule has 0 saturated heterocycles. The van der Waals surface area contributed by atoms with Gasteiger partial charge in [-0.3, -0.25) is 4.79 Å².